The molecule has 0 heterocycles. The SMILES string of the molecule is CCOc1ccc(C2(N)Cc3ccccc3C2)cc1. The molecule has 0 saturated carbocycles. The van der Waals surface area contributed by atoms with Crippen molar-refractivity contribution < 1.29 is 4.74 Å². The molecule has 0 fully saturated rings. The Hall–Kier alpha value is -1.80. The fourth-order valence-corrected chi connectivity index (χ4v) is 2.90. The Labute approximate surface area is 114 Å². The molecule has 19 heavy (non-hydrogen) atoms. The zero-order chi connectivity index (χ0) is 13.3. The smallest absolute Gasteiger partial charge is 0.119 e. The average molecular weight is 253 g/mol. The highest BCUT2D eigenvalue weighted by atomic mass is 16.5. The summed E-state index contributed by atoms with van der Waals surface area (Å²) >= 11 is 0. The first-order valence-corrected chi connectivity index (χ1v) is 6.80. The average Bonchev–Trinajstić information content (AvgIpc) is 2.77. The van der Waals surface area contributed by atoms with Gasteiger partial charge in [-0.3, -0.25) is 0 Å². The molecule has 0 unspecified atom stereocenters. The van der Waals surface area contributed by atoms with Gasteiger partial charge in [0.25, 0.3) is 0 Å². The third-order valence-electron chi connectivity index (χ3n) is 3.87. The van der Waals surface area contributed by atoms with Gasteiger partial charge < -0.3 is 10.5 Å². The van der Waals surface area contributed by atoms with E-state index in [1.54, 1.807) is 0 Å². The minimum atomic E-state index is -0.269. The maximum atomic E-state index is 6.61. The summed E-state index contributed by atoms with van der Waals surface area (Å²) in [5, 5.41) is 0. The Kier molecular flexibility index (Phi) is 3.03. The van der Waals surface area contributed by atoms with Crippen LogP contribution in [-0.2, 0) is 18.4 Å². The van der Waals surface area contributed by atoms with Crippen molar-refractivity contribution in [3.05, 3.63) is 65.2 Å². The molecular weight excluding hydrogens is 234 g/mol. The lowest BCUT2D eigenvalue weighted by molar-refractivity contribution is 0.339. The molecule has 0 spiro atoms. The second-order valence-corrected chi connectivity index (χ2v) is 5.24. The largest absolute Gasteiger partial charge is 0.494 e. The van der Waals surface area contributed by atoms with Gasteiger partial charge in [-0.2, -0.15) is 0 Å². The fourth-order valence-electron chi connectivity index (χ4n) is 2.90. The van der Waals surface area contributed by atoms with Crippen LogP contribution in [-0.4, -0.2) is 6.61 Å². The van der Waals surface area contributed by atoms with Crippen molar-refractivity contribution in [1.29, 1.82) is 0 Å². The number of hydrogen-bond acceptors (Lipinski definition) is 2. The molecule has 3 rings (SSSR count). The third kappa shape index (κ3) is 2.24. The number of benzene rings is 2. The number of rotatable bonds is 3. The molecule has 2 N–H and O–H groups in total. The van der Waals surface area contributed by atoms with E-state index in [-0.39, 0.29) is 5.54 Å². The molecule has 98 valence electrons. The van der Waals surface area contributed by atoms with E-state index < -0.39 is 0 Å². The second-order valence-electron chi connectivity index (χ2n) is 5.24. The van der Waals surface area contributed by atoms with Gasteiger partial charge in [0.15, 0.2) is 0 Å². The van der Waals surface area contributed by atoms with Crippen LogP contribution < -0.4 is 10.5 Å². The van der Waals surface area contributed by atoms with Crippen molar-refractivity contribution in [1.82, 2.24) is 0 Å². The molecule has 2 aromatic rings. The van der Waals surface area contributed by atoms with Gasteiger partial charge in [-0.25, -0.2) is 0 Å². The van der Waals surface area contributed by atoms with Crippen LogP contribution in [0.15, 0.2) is 48.5 Å². The first-order valence-electron chi connectivity index (χ1n) is 6.80. The summed E-state index contributed by atoms with van der Waals surface area (Å²) in [6, 6.07) is 16.7. The topological polar surface area (TPSA) is 35.2 Å². The van der Waals surface area contributed by atoms with Crippen LogP contribution in [0, 0.1) is 0 Å². The Morgan fingerprint density at radius 2 is 1.58 bits per heavy atom. The van der Waals surface area contributed by atoms with Crippen LogP contribution >= 0.6 is 0 Å². The van der Waals surface area contributed by atoms with Crippen LogP contribution in [0.5, 0.6) is 5.75 Å². The standard InChI is InChI=1S/C17H19NO/c1-2-19-16-9-7-15(8-10-16)17(18)11-13-5-3-4-6-14(13)12-17/h3-10H,2,11-12,18H2,1H3. The van der Waals surface area contributed by atoms with Crippen molar-refractivity contribution >= 4 is 0 Å². The van der Waals surface area contributed by atoms with E-state index in [9.17, 15) is 0 Å². The van der Waals surface area contributed by atoms with Crippen molar-refractivity contribution in [2.24, 2.45) is 5.73 Å². The molecule has 1 aliphatic rings. The Balaban J connectivity index is 1.87. The monoisotopic (exact) mass is 253 g/mol. The zero-order valence-electron chi connectivity index (χ0n) is 11.2. The minimum Gasteiger partial charge on any atom is -0.494 e. The first-order chi connectivity index (χ1) is 9.21. The summed E-state index contributed by atoms with van der Waals surface area (Å²) in [5.74, 6) is 0.908. The lowest BCUT2D eigenvalue weighted by Crippen LogP contribution is -2.37. The molecule has 1 aliphatic carbocycles. The number of nitrogens with two attached hydrogens (primary N) is 1. The van der Waals surface area contributed by atoms with Crippen LogP contribution in [0.25, 0.3) is 0 Å². The van der Waals surface area contributed by atoms with Gasteiger partial charge in [0.2, 0.25) is 0 Å². The maximum absolute atomic E-state index is 6.61. The summed E-state index contributed by atoms with van der Waals surface area (Å²) in [6.07, 6.45) is 1.83. The molecule has 0 radical (unpaired) electrons. The Morgan fingerprint density at radius 3 is 2.11 bits per heavy atom. The molecule has 0 amide bonds. The Bertz CT molecular complexity index is 549. The van der Waals surface area contributed by atoms with Gasteiger partial charge in [0, 0.05) is 5.54 Å². The van der Waals surface area contributed by atoms with Gasteiger partial charge in [0.1, 0.15) is 5.75 Å². The van der Waals surface area contributed by atoms with Gasteiger partial charge in [0.05, 0.1) is 6.61 Å². The normalized spacial score (nSPS) is 16.1. The lowest BCUT2D eigenvalue weighted by Gasteiger charge is -2.24. The molecule has 0 bridgehead atoms. The molecule has 2 heteroatoms. The van der Waals surface area contributed by atoms with Crippen molar-refractivity contribution in [3.63, 3.8) is 0 Å². The number of fused-ring (bicyclic) bond motifs is 1. The zero-order valence-corrected chi connectivity index (χ0v) is 11.2. The molecule has 2 aromatic carbocycles. The molecule has 0 atom stereocenters. The predicted molar refractivity (Wildman–Crippen MR) is 77.3 cm³/mol. The first kappa shape index (κ1) is 12.2. The van der Waals surface area contributed by atoms with Crippen LogP contribution in [0.2, 0.25) is 0 Å². The Morgan fingerprint density at radius 1 is 1.00 bits per heavy atom. The van der Waals surface area contributed by atoms with E-state index in [4.69, 9.17) is 10.5 Å². The van der Waals surface area contributed by atoms with Crippen LogP contribution in [0.4, 0.5) is 0 Å². The second kappa shape index (κ2) is 4.71. The summed E-state index contributed by atoms with van der Waals surface area (Å²) < 4.78 is 5.48. The van der Waals surface area contributed by atoms with Crippen molar-refractivity contribution in [2.75, 3.05) is 6.61 Å². The maximum Gasteiger partial charge on any atom is 0.119 e. The van der Waals surface area contributed by atoms with E-state index >= 15 is 0 Å². The molecule has 0 aliphatic heterocycles. The van der Waals surface area contributed by atoms with Crippen LogP contribution in [0.1, 0.15) is 23.6 Å². The highest BCUT2D eigenvalue weighted by Crippen LogP contribution is 2.36. The van der Waals surface area contributed by atoms with Gasteiger partial charge in [-0.1, -0.05) is 36.4 Å². The molecule has 0 saturated heterocycles. The summed E-state index contributed by atoms with van der Waals surface area (Å²) in [6.45, 7) is 2.69. The van der Waals surface area contributed by atoms with E-state index in [0.717, 1.165) is 18.6 Å². The highest BCUT2D eigenvalue weighted by Gasteiger charge is 2.34. The van der Waals surface area contributed by atoms with Crippen molar-refractivity contribution in [3.8, 4) is 5.75 Å². The summed E-state index contributed by atoms with van der Waals surface area (Å²) in [5.41, 5.74) is 10.3. The predicted octanol–water partition coefficient (Wildman–Crippen LogP) is 3.04. The molecule has 0 aromatic heterocycles. The lowest BCUT2D eigenvalue weighted by atomic mass is 9.88. The molecule has 2 nitrogen and oxygen atoms in total. The van der Waals surface area contributed by atoms with Gasteiger partial charge >= 0.3 is 0 Å². The minimum absolute atomic E-state index is 0.269. The number of hydrogen-bond donors (Lipinski definition) is 1. The van der Waals surface area contributed by atoms with E-state index in [2.05, 4.69) is 36.4 Å². The third-order valence-corrected chi connectivity index (χ3v) is 3.87. The highest BCUT2D eigenvalue weighted by molar-refractivity contribution is 5.42. The van der Waals surface area contributed by atoms with E-state index in [1.165, 1.54) is 16.7 Å². The van der Waals surface area contributed by atoms with Gasteiger partial charge in [-0.15, -0.1) is 0 Å². The molecular formula is C17H19NO. The number of ether oxygens (including phenoxy) is 1. The van der Waals surface area contributed by atoms with E-state index in [1.807, 2.05) is 19.1 Å². The van der Waals surface area contributed by atoms with Crippen molar-refractivity contribution in [2.45, 2.75) is 25.3 Å². The summed E-state index contributed by atoms with van der Waals surface area (Å²) in [7, 11) is 0. The van der Waals surface area contributed by atoms with Crippen LogP contribution in [0.3, 0.4) is 0 Å². The van der Waals surface area contributed by atoms with Gasteiger partial charge in [-0.05, 0) is 48.6 Å². The van der Waals surface area contributed by atoms with E-state index in [0.29, 0.717) is 6.61 Å². The fraction of sp³-hybridized carbons (Fsp3) is 0.294. The summed E-state index contributed by atoms with van der Waals surface area (Å²) in [4.78, 5) is 0. The quantitative estimate of drug-likeness (QED) is 0.912.